The standard InChI is InChI=1S/C17H16ClNO3/c1-12(20)19-16(18)17(21)22-15(13-8-4-2-5-9-13)14-10-6-3-7-11-14/h2-11,15-16H,1H3,(H,19,20). The Kier molecular flexibility index (Phi) is 5.55. The van der Waals surface area contributed by atoms with E-state index >= 15 is 0 Å². The van der Waals surface area contributed by atoms with Crippen molar-refractivity contribution in [2.24, 2.45) is 0 Å². The first-order chi connectivity index (χ1) is 10.6. The Balaban J connectivity index is 2.23. The second kappa shape index (κ2) is 7.61. The highest BCUT2D eigenvalue weighted by Gasteiger charge is 2.24. The molecule has 0 radical (unpaired) electrons. The molecule has 22 heavy (non-hydrogen) atoms. The van der Waals surface area contributed by atoms with Crippen LogP contribution in [0.25, 0.3) is 0 Å². The maximum absolute atomic E-state index is 12.1. The summed E-state index contributed by atoms with van der Waals surface area (Å²) in [5.41, 5.74) is 0.440. The molecule has 1 unspecified atom stereocenters. The summed E-state index contributed by atoms with van der Waals surface area (Å²) in [7, 11) is 0. The Labute approximate surface area is 134 Å². The van der Waals surface area contributed by atoms with Crippen molar-refractivity contribution in [2.45, 2.75) is 18.5 Å². The third-order valence-corrected chi connectivity index (χ3v) is 3.26. The van der Waals surface area contributed by atoms with Crippen molar-refractivity contribution in [3.05, 3.63) is 71.8 Å². The molecular formula is C17H16ClNO3. The van der Waals surface area contributed by atoms with Gasteiger partial charge < -0.3 is 10.1 Å². The van der Waals surface area contributed by atoms with Gasteiger partial charge in [0.1, 0.15) is 0 Å². The van der Waals surface area contributed by atoms with Gasteiger partial charge in [-0.3, -0.25) is 4.79 Å². The number of alkyl halides is 1. The molecule has 4 nitrogen and oxygen atoms in total. The molecule has 114 valence electrons. The minimum Gasteiger partial charge on any atom is -0.450 e. The van der Waals surface area contributed by atoms with Crippen LogP contribution in [0, 0.1) is 0 Å². The molecule has 2 aromatic rings. The molecule has 1 N–H and O–H groups in total. The highest BCUT2D eigenvalue weighted by atomic mass is 35.5. The Morgan fingerprint density at radius 2 is 1.41 bits per heavy atom. The van der Waals surface area contributed by atoms with E-state index in [0.29, 0.717) is 0 Å². The fraction of sp³-hybridized carbons (Fsp3) is 0.176. The number of halogens is 1. The first-order valence-electron chi connectivity index (χ1n) is 6.79. The minimum absolute atomic E-state index is 0.395. The molecule has 2 rings (SSSR count). The van der Waals surface area contributed by atoms with E-state index in [9.17, 15) is 9.59 Å². The van der Waals surface area contributed by atoms with Gasteiger partial charge in [-0.25, -0.2) is 4.79 Å². The maximum Gasteiger partial charge on any atom is 0.345 e. The average Bonchev–Trinajstić information content (AvgIpc) is 2.53. The lowest BCUT2D eigenvalue weighted by Gasteiger charge is -2.20. The number of carbonyl (C=O) groups is 2. The quantitative estimate of drug-likeness (QED) is 0.524. The third kappa shape index (κ3) is 4.33. The summed E-state index contributed by atoms with van der Waals surface area (Å²) < 4.78 is 5.50. The number of esters is 1. The zero-order chi connectivity index (χ0) is 15.9. The van der Waals surface area contributed by atoms with Gasteiger partial charge in [0.25, 0.3) is 0 Å². The predicted octanol–water partition coefficient (Wildman–Crippen LogP) is 3.02. The number of carbonyl (C=O) groups excluding carboxylic acids is 2. The summed E-state index contributed by atoms with van der Waals surface area (Å²) in [6.07, 6.45) is -0.579. The summed E-state index contributed by atoms with van der Waals surface area (Å²) >= 11 is 5.84. The van der Waals surface area contributed by atoms with Gasteiger partial charge in [0, 0.05) is 6.92 Å². The van der Waals surface area contributed by atoms with Crippen LogP contribution in [-0.2, 0) is 14.3 Å². The third-order valence-electron chi connectivity index (χ3n) is 2.98. The molecular weight excluding hydrogens is 302 g/mol. The lowest BCUT2D eigenvalue weighted by atomic mass is 10.0. The van der Waals surface area contributed by atoms with Gasteiger partial charge in [0.05, 0.1) is 0 Å². The molecule has 0 saturated heterocycles. The molecule has 0 fully saturated rings. The lowest BCUT2D eigenvalue weighted by molar-refractivity contribution is -0.149. The second-order valence-electron chi connectivity index (χ2n) is 4.70. The molecule has 5 heteroatoms. The van der Waals surface area contributed by atoms with Crippen LogP contribution in [0.1, 0.15) is 24.2 Å². The zero-order valence-corrected chi connectivity index (χ0v) is 12.8. The van der Waals surface area contributed by atoms with E-state index in [1.54, 1.807) is 0 Å². The van der Waals surface area contributed by atoms with E-state index in [2.05, 4.69) is 5.32 Å². The van der Waals surface area contributed by atoms with E-state index in [1.807, 2.05) is 60.7 Å². The summed E-state index contributed by atoms with van der Waals surface area (Å²) in [5.74, 6) is -1.09. The van der Waals surface area contributed by atoms with Gasteiger partial charge in [-0.2, -0.15) is 0 Å². The number of rotatable bonds is 5. The van der Waals surface area contributed by atoms with Crippen molar-refractivity contribution in [1.82, 2.24) is 5.32 Å². The van der Waals surface area contributed by atoms with Crippen LogP contribution < -0.4 is 5.32 Å². The highest BCUT2D eigenvalue weighted by molar-refractivity contribution is 6.30. The fourth-order valence-corrected chi connectivity index (χ4v) is 2.20. The van der Waals surface area contributed by atoms with E-state index < -0.39 is 23.5 Å². The second-order valence-corrected chi connectivity index (χ2v) is 5.14. The summed E-state index contributed by atoms with van der Waals surface area (Å²) in [6, 6.07) is 18.7. The van der Waals surface area contributed by atoms with E-state index in [1.165, 1.54) is 6.92 Å². The SMILES string of the molecule is CC(=O)NC(Cl)C(=O)OC(c1ccccc1)c1ccccc1. The van der Waals surface area contributed by atoms with Crippen molar-refractivity contribution >= 4 is 23.5 Å². The molecule has 2 aromatic carbocycles. The Morgan fingerprint density at radius 3 is 1.82 bits per heavy atom. The number of benzene rings is 2. The Bertz CT molecular complexity index is 591. The van der Waals surface area contributed by atoms with Crippen LogP contribution in [0.15, 0.2) is 60.7 Å². The smallest absolute Gasteiger partial charge is 0.345 e. The molecule has 0 heterocycles. The van der Waals surface area contributed by atoms with E-state index in [-0.39, 0.29) is 0 Å². The number of hydrogen-bond donors (Lipinski definition) is 1. The van der Waals surface area contributed by atoms with Gasteiger partial charge in [-0.1, -0.05) is 72.3 Å². The number of hydrogen-bond acceptors (Lipinski definition) is 3. The molecule has 0 aliphatic carbocycles. The average molecular weight is 318 g/mol. The predicted molar refractivity (Wildman–Crippen MR) is 84.3 cm³/mol. The van der Waals surface area contributed by atoms with Gasteiger partial charge in [0.2, 0.25) is 11.4 Å². The molecule has 0 aliphatic heterocycles. The van der Waals surface area contributed by atoms with Crippen molar-refractivity contribution in [3.8, 4) is 0 Å². The topological polar surface area (TPSA) is 55.4 Å². The molecule has 1 amide bonds. The van der Waals surface area contributed by atoms with Gasteiger partial charge in [-0.15, -0.1) is 0 Å². The van der Waals surface area contributed by atoms with E-state index in [4.69, 9.17) is 16.3 Å². The first kappa shape index (κ1) is 16.0. The monoisotopic (exact) mass is 317 g/mol. The molecule has 0 bridgehead atoms. The maximum atomic E-state index is 12.1. The largest absolute Gasteiger partial charge is 0.450 e. The zero-order valence-electron chi connectivity index (χ0n) is 12.0. The first-order valence-corrected chi connectivity index (χ1v) is 7.23. The van der Waals surface area contributed by atoms with Gasteiger partial charge >= 0.3 is 5.97 Å². The summed E-state index contributed by atoms with van der Waals surface area (Å²) in [4.78, 5) is 23.0. The molecule has 0 saturated carbocycles. The van der Waals surface area contributed by atoms with E-state index in [0.717, 1.165) is 11.1 Å². The van der Waals surface area contributed by atoms with Crippen LogP contribution in [0.2, 0.25) is 0 Å². The fourth-order valence-electron chi connectivity index (χ4n) is 2.00. The minimum atomic E-state index is -1.22. The highest BCUT2D eigenvalue weighted by Crippen LogP contribution is 2.26. The normalized spacial score (nSPS) is 11.8. The Hall–Kier alpha value is -2.33. The van der Waals surface area contributed by atoms with Crippen molar-refractivity contribution < 1.29 is 14.3 Å². The summed E-state index contributed by atoms with van der Waals surface area (Å²) in [5, 5.41) is 2.30. The van der Waals surface area contributed by atoms with Crippen molar-refractivity contribution in [3.63, 3.8) is 0 Å². The lowest BCUT2D eigenvalue weighted by Crippen LogP contribution is -2.37. The van der Waals surface area contributed by atoms with Gasteiger partial charge in [-0.05, 0) is 11.1 Å². The molecule has 0 spiro atoms. The molecule has 1 atom stereocenters. The van der Waals surface area contributed by atoms with Crippen LogP contribution in [0.4, 0.5) is 0 Å². The van der Waals surface area contributed by atoms with Crippen molar-refractivity contribution in [2.75, 3.05) is 0 Å². The van der Waals surface area contributed by atoms with Crippen LogP contribution >= 0.6 is 11.6 Å². The van der Waals surface area contributed by atoms with Crippen LogP contribution in [-0.4, -0.2) is 17.4 Å². The van der Waals surface area contributed by atoms with Crippen LogP contribution in [0.3, 0.4) is 0 Å². The number of amides is 1. The Morgan fingerprint density at radius 1 is 0.955 bits per heavy atom. The molecule has 0 aromatic heterocycles. The molecule has 0 aliphatic rings. The van der Waals surface area contributed by atoms with Crippen LogP contribution in [0.5, 0.6) is 0 Å². The summed E-state index contributed by atoms with van der Waals surface area (Å²) in [6.45, 7) is 1.29. The number of ether oxygens (including phenoxy) is 1. The van der Waals surface area contributed by atoms with Gasteiger partial charge in [0.15, 0.2) is 6.10 Å². The van der Waals surface area contributed by atoms with Crippen molar-refractivity contribution in [1.29, 1.82) is 0 Å². The number of nitrogens with one attached hydrogen (secondary N) is 1.